The third-order valence-corrected chi connectivity index (χ3v) is 4.23. The van der Waals surface area contributed by atoms with Gasteiger partial charge in [-0.1, -0.05) is 0 Å². The van der Waals surface area contributed by atoms with Crippen molar-refractivity contribution in [3.63, 3.8) is 0 Å². The van der Waals surface area contributed by atoms with Crippen molar-refractivity contribution in [3.05, 3.63) is 48.3 Å². The molecular formula is C19H18FN3O5. The number of methoxy groups -OCH3 is 2. The zero-order chi connectivity index (χ0) is 20.3. The van der Waals surface area contributed by atoms with Gasteiger partial charge in [0.1, 0.15) is 11.7 Å². The first-order chi connectivity index (χ1) is 13.4. The van der Waals surface area contributed by atoms with Gasteiger partial charge in [-0.25, -0.2) is 14.1 Å². The Labute approximate surface area is 160 Å². The number of imide groups is 1. The molecule has 0 aromatic heterocycles. The normalized spacial score (nSPS) is 16.4. The van der Waals surface area contributed by atoms with Gasteiger partial charge < -0.3 is 20.1 Å². The molecule has 0 aliphatic carbocycles. The number of urea groups is 1. The minimum Gasteiger partial charge on any atom is -0.493 e. The molecule has 1 heterocycles. The number of hydrogen-bond donors (Lipinski definition) is 2. The van der Waals surface area contributed by atoms with Gasteiger partial charge in [0, 0.05) is 18.3 Å². The first-order valence-electron chi connectivity index (χ1n) is 8.35. The average molecular weight is 387 g/mol. The van der Waals surface area contributed by atoms with Gasteiger partial charge in [-0.05, 0) is 36.4 Å². The van der Waals surface area contributed by atoms with Gasteiger partial charge in [0.2, 0.25) is 11.8 Å². The van der Waals surface area contributed by atoms with Crippen molar-refractivity contribution >= 4 is 29.2 Å². The highest BCUT2D eigenvalue weighted by Gasteiger charge is 2.39. The monoisotopic (exact) mass is 387 g/mol. The molecule has 0 radical (unpaired) electrons. The first-order valence-corrected chi connectivity index (χ1v) is 8.35. The van der Waals surface area contributed by atoms with Gasteiger partial charge >= 0.3 is 6.03 Å². The number of nitrogens with one attached hydrogen (secondary N) is 2. The Morgan fingerprint density at radius 2 is 1.79 bits per heavy atom. The number of carbonyl (C=O) groups is 3. The maximum Gasteiger partial charge on any atom is 0.328 e. The summed E-state index contributed by atoms with van der Waals surface area (Å²) in [4.78, 5) is 38.3. The predicted molar refractivity (Wildman–Crippen MR) is 99.0 cm³/mol. The van der Waals surface area contributed by atoms with Crippen LogP contribution in [0.1, 0.15) is 0 Å². The highest BCUT2D eigenvalue weighted by atomic mass is 19.1. The van der Waals surface area contributed by atoms with E-state index in [4.69, 9.17) is 9.47 Å². The molecule has 28 heavy (non-hydrogen) atoms. The summed E-state index contributed by atoms with van der Waals surface area (Å²) >= 11 is 0. The van der Waals surface area contributed by atoms with E-state index >= 15 is 0 Å². The molecule has 2 N–H and O–H groups in total. The van der Waals surface area contributed by atoms with E-state index in [1.807, 2.05) is 0 Å². The van der Waals surface area contributed by atoms with Crippen LogP contribution in [0.5, 0.6) is 11.5 Å². The summed E-state index contributed by atoms with van der Waals surface area (Å²) in [7, 11) is 2.95. The summed E-state index contributed by atoms with van der Waals surface area (Å²) in [6.45, 7) is -0.144. The van der Waals surface area contributed by atoms with Crippen molar-refractivity contribution in [3.8, 4) is 11.5 Å². The maximum atomic E-state index is 13.1. The quantitative estimate of drug-likeness (QED) is 0.767. The lowest BCUT2D eigenvalue weighted by atomic mass is 10.0. The molecule has 2 aromatic carbocycles. The maximum absolute atomic E-state index is 13.1. The first kappa shape index (κ1) is 19.2. The molecule has 1 atom stereocenters. The van der Waals surface area contributed by atoms with E-state index in [0.717, 1.165) is 17.0 Å². The Bertz CT molecular complexity index is 916. The second-order valence-corrected chi connectivity index (χ2v) is 5.95. The van der Waals surface area contributed by atoms with Crippen molar-refractivity contribution in [1.29, 1.82) is 0 Å². The Morgan fingerprint density at radius 3 is 2.43 bits per heavy atom. The van der Waals surface area contributed by atoms with Crippen molar-refractivity contribution in [2.75, 3.05) is 31.0 Å². The number of anilines is 2. The summed E-state index contributed by atoms with van der Waals surface area (Å²) < 4.78 is 23.4. The van der Waals surface area contributed by atoms with Gasteiger partial charge in [-0.15, -0.1) is 0 Å². The van der Waals surface area contributed by atoms with Crippen molar-refractivity contribution in [2.45, 2.75) is 0 Å². The number of rotatable bonds is 5. The molecule has 1 aliphatic heterocycles. The van der Waals surface area contributed by atoms with Crippen LogP contribution in [0, 0.1) is 11.7 Å². The largest absolute Gasteiger partial charge is 0.493 e. The van der Waals surface area contributed by atoms with E-state index in [-0.39, 0.29) is 12.2 Å². The molecule has 9 heteroatoms. The summed E-state index contributed by atoms with van der Waals surface area (Å²) in [6, 6.07) is 8.94. The minimum atomic E-state index is -1.14. The molecule has 2 aromatic rings. The number of nitrogens with zero attached hydrogens (tertiary/aromatic N) is 1. The highest BCUT2D eigenvalue weighted by molar-refractivity contribution is 6.23. The van der Waals surface area contributed by atoms with Crippen LogP contribution in [0.15, 0.2) is 42.5 Å². The van der Waals surface area contributed by atoms with Gasteiger partial charge in [-0.3, -0.25) is 9.59 Å². The lowest BCUT2D eigenvalue weighted by molar-refractivity contribution is -0.130. The summed E-state index contributed by atoms with van der Waals surface area (Å²) in [5, 5.41) is 5.13. The Kier molecular flexibility index (Phi) is 5.44. The number of amides is 4. The lowest BCUT2D eigenvalue weighted by Gasteiger charge is -2.30. The predicted octanol–water partition coefficient (Wildman–Crippen LogP) is 2.15. The van der Waals surface area contributed by atoms with E-state index in [1.165, 1.54) is 26.4 Å². The molecule has 0 bridgehead atoms. The third kappa shape index (κ3) is 3.73. The van der Waals surface area contributed by atoms with Crippen LogP contribution >= 0.6 is 0 Å². The molecule has 0 saturated carbocycles. The van der Waals surface area contributed by atoms with Gasteiger partial charge in [0.05, 0.1) is 19.9 Å². The Balaban J connectivity index is 1.79. The van der Waals surface area contributed by atoms with Gasteiger partial charge in [-0.2, -0.15) is 0 Å². The van der Waals surface area contributed by atoms with Crippen LogP contribution in [-0.4, -0.2) is 38.6 Å². The molecular weight excluding hydrogens is 369 g/mol. The highest BCUT2D eigenvalue weighted by Crippen LogP contribution is 2.30. The minimum absolute atomic E-state index is 0.144. The topological polar surface area (TPSA) is 97.0 Å². The number of benzene rings is 2. The fourth-order valence-corrected chi connectivity index (χ4v) is 2.79. The summed E-state index contributed by atoms with van der Waals surface area (Å²) in [6.07, 6.45) is 0. The zero-order valence-corrected chi connectivity index (χ0v) is 15.2. The summed E-state index contributed by atoms with van der Waals surface area (Å²) in [5.41, 5.74) is 0.577. The second kappa shape index (κ2) is 7.95. The van der Waals surface area contributed by atoms with Crippen LogP contribution in [0.25, 0.3) is 0 Å². The molecule has 1 saturated heterocycles. The molecule has 146 valence electrons. The van der Waals surface area contributed by atoms with Gasteiger partial charge in [0.15, 0.2) is 11.5 Å². The summed E-state index contributed by atoms with van der Waals surface area (Å²) in [5.74, 6) is -2.04. The number of hydrogen-bond acceptors (Lipinski definition) is 5. The van der Waals surface area contributed by atoms with E-state index in [0.29, 0.717) is 17.2 Å². The molecule has 8 nitrogen and oxygen atoms in total. The molecule has 0 spiro atoms. The third-order valence-electron chi connectivity index (χ3n) is 4.23. The lowest BCUT2D eigenvalue weighted by Crippen LogP contribution is -2.58. The van der Waals surface area contributed by atoms with Crippen LogP contribution in [-0.2, 0) is 9.59 Å². The Hall–Kier alpha value is -3.62. The van der Waals surface area contributed by atoms with E-state index in [9.17, 15) is 18.8 Å². The van der Waals surface area contributed by atoms with Crippen LogP contribution in [0.2, 0.25) is 0 Å². The second-order valence-electron chi connectivity index (χ2n) is 5.95. The fourth-order valence-electron chi connectivity index (χ4n) is 2.79. The number of ether oxygens (including phenoxy) is 2. The molecule has 1 aliphatic rings. The molecule has 4 amide bonds. The zero-order valence-electron chi connectivity index (χ0n) is 15.2. The molecule has 1 unspecified atom stereocenters. The van der Waals surface area contributed by atoms with Gasteiger partial charge in [0.25, 0.3) is 0 Å². The van der Waals surface area contributed by atoms with Crippen molar-refractivity contribution in [2.24, 2.45) is 5.92 Å². The SMILES string of the molecule is COc1ccc(NC(=O)C2CNC(=O)N(c3ccc(F)cc3)C2=O)cc1OC. The van der Waals surface area contributed by atoms with E-state index < -0.39 is 29.6 Å². The molecule has 3 rings (SSSR count). The smallest absolute Gasteiger partial charge is 0.328 e. The van der Waals surface area contributed by atoms with Crippen LogP contribution in [0.4, 0.5) is 20.6 Å². The van der Waals surface area contributed by atoms with Crippen LogP contribution < -0.4 is 25.0 Å². The Morgan fingerprint density at radius 1 is 1.11 bits per heavy atom. The standard InChI is InChI=1S/C19H18FN3O5/c1-27-15-8-5-12(9-16(15)28-2)22-17(24)14-10-21-19(26)23(18(14)25)13-6-3-11(20)4-7-13/h3-9,14H,10H2,1-2H3,(H,21,26)(H,22,24). The van der Waals surface area contributed by atoms with E-state index in [1.54, 1.807) is 18.2 Å². The van der Waals surface area contributed by atoms with Crippen LogP contribution in [0.3, 0.4) is 0 Å². The van der Waals surface area contributed by atoms with Crippen molar-refractivity contribution in [1.82, 2.24) is 5.32 Å². The number of carbonyl (C=O) groups excluding carboxylic acids is 3. The van der Waals surface area contributed by atoms with E-state index in [2.05, 4.69) is 10.6 Å². The number of halogens is 1. The van der Waals surface area contributed by atoms with Crippen molar-refractivity contribution < 1.29 is 28.2 Å². The molecule has 1 fully saturated rings. The fraction of sp³-hybridized carbons (Fsp3) is 0.211. The average Bonchev–Trinajstić information content (AvgIpc) is 2.69.